The third-order valence-electron chi connectivity index (χ3n) is 4.57. The van der Waals surface area contributed by atoms with Gasteiger partial charge in [0.25, 0.3) is 0 Å². The van der Waals surface area contributed by atoms with Gasteiger partial charge in [-0.05, 0) is 30.7 Å². The van der Waals surface area contributed by atoms with E-state index in [-0.39, 0.29) is 0 Å². The molecule has 1 unspecified atom stereocenters. The Kier molecular flexibility index (Phi) is 3.66. The van der Waals surface area contributed by atoms with Crippen LogP contribution in [0.25, 0.3) is 0 Å². The van der Waals surface area contributed by atoms with Gasteiger partial charge in [-0.2, -0.15) is 4.99 Å². The number of aliphatic imine (C=N–C) groups is 1. The zero-order valence-corrected chi connectivity index (χ0v) is 13.5. The highest BCUT2D eigenvalue weighted by Gasteiger charge is 2.38. The molecule has 4 nitrogen and oxygen atoms in total. The highest BCUT2D eigenvalue weighted by Crippen LogP contribution is 2.35. The number of ether oxygens (including phenoxy) is 1. The molecule has 22 heavy (non-hydrogen) atoms. The van der Waals surface area contributed by atoms with Gasteiger partial charge in [-0.1, -0.05) is 12.6 Å². The highest BCUT2D eigenvalue weighted by atomic mass is 32.1. The Labute approximate surface area is 135 Å². The number of thiophene rings is 1. The van der Waals surface area contributed by atoms with Crippen molar-refractivity contribution in [2.75, 3.05) is 19.7 Å². The van der Waals surface area contributed by atoms with Crippen LogP contribution in [0.2, 0.25) is 0 Å². The first-order valence-electron chi connectivity index (χ1n) is 8.00. The van der Waals surface area contributed by atoms with Gasteiger partial charge in [0, 0.05) is 36.5 Å². The lowest BCUT2D eigenvalue weighted by Crippen LogP contribution is -2.34. The van der Waals surface area contributed by atoms with Crippen molar-refractivity contribution in [1.29, 1.82) is 0 Å². The van der Waals surface area contributed by atoms with Crippen LogP contribution in [0.5, 0.6) is 0 Å². The molecular formula is C17H21N3OS. The normalized spacial score (nSPS) is 23.8. The van der Waals surface area contributed by atoms with Gasteiger partial charge >= 0.3 is 0 Å². The van der Waals surface area contributed by atoms with Gasteiger partial charge in [0.15, 0.2) is 0 Å². The van der Waals surface area contributed by atoms with Gasteiger partial charge in [-0.15, -0.1) is 11.3 Å². The largest absolute Gasteiger partial charge is 0.477 e. The average Bonchev–Trinajstić information content (AvgIpc) is 3.15. The summed E-state index contributed by atoms with van der Waals surface area (Å²) in [5, 5.41) is 2.10. The molecule has 3 aliphatic rings. The van der Waals surface area contributed by atoms with E-state index in [0.29, 0.717) is 18.5 Å². The molecule has 0 aromatic carbocycles. The van der Waals surface area contributed by atoms with Crippen LogP contribution in [-0.4, -0.2) is 41.4 Å². The molecule has 1 aromatic rings. The number of piperidine rings is 1. The summed E-state index contributed by atoms with van der Waals surface area (Å²) in [5.41, 5.74) is 0. The predicted molar refractivity (Wildman–Crippen MR) is 89.7 cm³/mol. The van der Waals surface area contributed by atoms with E-state index < -0.39 is 0 Å². The summed E-state index contributed by atoms with van der Waals surface area (Å²) in [6, 6.07) is 4.84. The quantitative estimate of drug-likeness (QED) is 0.857. The lowest BCUT2D eigenvalue weighted by Gasteiger charge is -2.32. The Morgan fingerprint density at radius 1 is 1.41 bits per heavy atom. The van der Waals surface area contributed by atoms with Crippen molar-refractivity contribution >= 4 is 17.2 Å². The minimum Gasteiger partial charge on any atom is -0.477 e. The second-order valence-electron chi connectivity index (χ2n) is 6.00. The van der Waals surface area contributed by atoms with Gasteiger partial charge in [0.05, 0.1) is 6.61 Å². The van der Waals surface area contributed by atoms with Crippen molar-refractivity contribution < 1.29 is 4.74 Å². The first kappa shape index (κ1) is 13.9. The Bertz CT molecular complexity index is 620. The van der Waals surface area contributed by atoms with E-state index in [4.69, 9.17) is 4.74 Å². The van der Waals surface area contributed by atoms with Gasteiger partial charge in [0.1, 0.15) is 11.6 Å². The first-order valence-corrected chi connectivity index (χ1v) is 8.88. The molecule has 2 saturated heterocycles. The summed E-state index contributed by atoms with van der Waals surface area (Å²) in [5.74, 6) is 2.76. The average molecular weight is 315 g/mol. The molecule has 0 aliphatic carbocycles. The Morgan fingerprint density at radius 2 is 2.36 bits per heavy atom. The standard InChI is InChI=1S/C17H21N3OS/c1-13-18-16(21-9-7-15-6-4-10-22-15)11-17-19-8-3-2-5-14(19)12-20(13)17/h4,6,10-11,14H,1-3,5,7-9,12H2. The fourth-order valence-corrected chi connectivity index (χ4v) is 4.16. The molecule has 0 bridgehead atoms. The van der Waals surface area contributed by atoms with Gasteiger partial charge < -0.3 is 14.5 Å². The van der Waals surface area contributed by atoms with Crippen LogP contribution in [0.4, 0.5) is 0 Å². The van der Waals surface area contributed by atoms with E-state index >= 15 is 0 Å². The molecule has 0 N–H and O–H groups in total. The monoisotopic (exact) mass is 315 g/mol. The molecule has 0 amide bonds. The minimum atomic E-state index is 0.623. The maximum Gasteiger partial charge on any atom is 0.218 e. The van der Waals surface area contributed by atoms with Crippen LogP contribution >= 0.6 is 11.3 Å². The van der Waals surface area contributed by atoms with E-state index in [2.05, 4.69) is 45.0 Å². The molecule has 0 saturated carbocycles. The molecule has 4 rings (SSSR count). The minimum absolute atomic E-state index is 0.623. The van der Waals surface area contributed by atoms with E-state index in [9.17, 15) is 0 Å². The SMILES string of the molecule is C=C1N=C(OCCc2cccs2)C=C2N1CC1CCCCN21. The van der Waals surface area contributed by atoms with Crippen molar-refractivity contribution in [3.05, 3.63) is 46.7 Å². The molecule has 2 fully saturated rings. The second-order valence-corrected chi connectivity index (χ2v) is 7.03. The molecule has 5 heteroatoms. The van der Waals surface area contributed by atoms with E-state index in [0.717, 1.165) is 25.3 Å². The number of fused-ring (bicyclic) bond motifs is 3. The fourth-order valence-electron chi connectivity index (χ4n) is 3.46. The van der Waals surface area contributed by atoms with Crippen LogP contribution in [0.15, 0.2) is 46.8 Å². The molecule has 116 valence electrons. The smallest absolute Gasteiger partial charge is 0.218 e. The van der Waals surface area contributed by atoms with E-state index in [1.54, 1.807) is 11.3 Å². The predicted octanol–water partition coefficient (Wildman–Crippen LogP) is 3.20. The van der Waals surface area contributed by atoms with Crippen LogP contribution in [0.1, 0.15) is 24.1 Å². The van der Waals surface area contributed by atoms with E-state index in [1.165, 1.54) is 30.0 Å². The van der Waals surface area contributed by atoms with Crippen LogP contribution in [0.3, 0.4) is 0 Å². The molecular weight excluding hydrogens is 294 g/mol. The Balaban J connectivity index is 1.44. The molecule has 4 heterocycles. The lowest BCUT2D eigenvalue weighted by atomic mass is 10.0. The third kappa shape index (κ3) is 2.54. The molecule has 1 aromatic heterocycles. The zero-order chi connectivity index (χ0) is 14.9. The molecule has 1 atom stereocenters. The fraction of sp³-hybridized carbons (Fsp3) is 0.471. The molecule has 0 radical (unpaired) electrons. The summed E-state index contributed by atoms with van der Waals surface area (Å²) in [7, 11) is 0. The van der Waals surface area contributed by atoms with Crippen molar-refractivity contribution in [3.8, 4) is 0 Å². The summed E-state index contributed by atoms with van der Waals surface area (Å²) in [6.45, 7) is 6.95. The maximum atomic E-state index is 5.88. The van der Waals surface area contributed by atoms with Crippen LogP contribution in [-0.2, 0) is 11.2 Å². The van der Waals surface area contributed by atoms with Crippen molar-refractivity contribution in [3.63, 3.8) is 0 Å². The van der Waals surface area contributed by atoms with Gasteiger partial charge in [-0.25, -0.2) is 0 Å². The lowest BCUT2D eigenvalue weighted by molar-refractivity contribution is 0.234. The van der Waals surface area contributed by atoms with Gasteiger partial charge in [-0.3, -0.25) is 0 Å². The summed E-state index contributed by atoms with van der Waals surface area (Å²) >= 11 is 1.77. The topological polar surface area (TPSA) is 28.1 Å². The molecule has 0 spiro atoms. The Morgan fingerprint density at radius 3 is 3.23 bits per heavy atom. The van der Waals surface area contributed by atoms with E-state index in [1.807, 2.05) is 0 Å². The first-order chi connectivity index (χ1) is 10.8. The maximum absolute atomic E-state index is 5.88. The van der Waals surface area contributed by atoms with Crippen LogP contribution < -0.4 is 0 Å². The summed E-state index contributed by atoms with van der Waals surface area (Å²) < 4.78 is 5.88. The zero-order valence-electron chi connectivity index (χ0n) is 12.7. The number of hydrogen-bond donors (Lipinski definition) is 0. The van der Waals surface area contributed by atoms with Crippen molar-refractivity contribution in [2.45, 2.75) is 31.7 Å². The number of hydrogen-bond acceptors (Lipinski definition) is 5. The molecule has 3 aliphatic heterocycles. The Hall–Kier alpha value is -1.75. The summed E-state index contributed by atoms with van der Waals surface area (Å²) in [6.07, 6.45) is 6.91. The summed E-state index contributed by atoms with van der Waals surface area (Å²) in [4.78, 5) is 10.6. The highest BCUT2D eigenvalue weighted by molar-refractivity contribution is 7.09. The second kappa shape index (κ2) is 5.80. The van der Waals surface area contributed by atoms with Crippen molar-refractivity contribution in [2.24, 2.45) is 4.99 Å². The number of nitrogens with zero attached hydrogens (tertiary/aromatic N) is 3. The van der Waals surface area contributed by atoms with Crippen LogP contribution in [0, 0.1) is 0 Å². The number of rotatable bonds is 3. The third-order valence-corrected chi connectivity index (χ3v) is 5.51. The van der Waals surface area contributed by atoms with Crippen molar-refractivity contribution in [1.82, 2.24) is 9.80 Å². The van der Waals surface area contributed by atoms with Gasteiger partial charge in [0.2, 0.25) is 5.90 Å².